The Morgan fingerprint density at radius 3 is 2.44 bits per heavy atom. The molecule has 5 nitrogen and oxygen atoms in total. The molecule has 0 saturated carbocycles. The summed E-state index contributed by atoms with van der Waals surface area (Å²) in [5.41, 5.74) is 9.22. The van der Waals surface area contributed by atoms with Crippen LogP contribution in [0.5, 0.6) is 0 Å². The van der Waals surface area contributed by atoms with Gasteiger partial charge in [-0.25, -0.2) is 9.79 Å². The van der Waals surface area contributed by atoms with Gasteiger partial charge in [-0.3, -0.25) is 0 Å². The van der Waals surface area contributed by atoms with Crippen LogP contribution in [0.2, 0.25) is 0 Å². The van der Waals surface area contributed by atoms with Gasteiger partial charge in [0.15, 0.2) is 0 Å². The van der Waals surface area contributed by atoms with Gasteiger partial charge in [0, 0.05) is 11.4 Å². The number of anilines is 2. The molecule has 3 rings (SSSR count). The molecule has 1 aromatic heterocycles. The summed E-state index contributed by atoms with van der Waals surface area (Å²) >= 11 is 1.54. The molecule has 1 heterocycles. The number of hydrogen-bond donors (Lipinski definition) is 3. The zero-order valence-electron chi connectivity index (χ0n) is 13.7. The third-order valence-electron chi connectivity index (χ3n) is 3.42. The van der Waals surface area contributed by atoms with Crippen LogP contribution < -0.4 is 16.4 Å². The molecule has 4 N–H and O–H groups in total. The number of nitrogens with two attached hydrogens (primary N) is 1. The molecular weight excluding hydrogens is 332 g/mol. The zero-order valence-corrected chi connectivity index (χ0v) is 14.5. The number of aryl methyl sites for hydroxylation is 1. The highest BCUT2D eigenvalue weighted by Crippen LogP contribution is 2.19. The van der Waals surface area contributed by atoms with Crippen molar-refractivity contribution in [3.8, 4) is 0 Å². The fourth-order valence-electron chi connectivity index (χ4n) is 2.25. The van der Waals surface area contributed by atoms with Crippen LogP contribution in [-0.2, 0) is 0 Å². The van der Waals surface area contributed by atoms with Crippen LogP contribution in [0.1, 0.15) is 10.4 Å². The van der Waals surface area contributed by atoms with E-state index in [1.165, 1.54) is 0 Å². The summed E-state index contributed by atoms with van der Waals surface area (Å²) in [7, 11) is 0. The Morgan fingerprint density at radius 2 is 1.76 bits per heavy atom. The molecule has 2 amide bonds. The van der Waals surface area contributed by atoms with E-state index >= 15 is 0 Å². The maximum absolute atomic E-state index is 12.0. The predicted molar refractivity (Wildman–Crippen MR) is 105 cm³/mol. The standard InChI is InChI=1S/C19H18N4OS/c1-13-4-2-5-16(12-13)23-19(24)22-15-9-7-14(8-10-15)21-18(20)17-6-3-11-25-17/h2-12H,1H3,(H2,20,21)(H2,22,23,24). The van der Waals surface area contributed by atoms with E-state index in [4.69, 9.17) is 5.73 Å². The van der Waals surface area contributed by atoms with Crippen molar-refractivity contribution in [1.82, 2.24) is 0 Å². The predicted octanol–water partition coefficient (Wildman–Crippen LogP) is 4.74. The van der Waals surface area contributed by atoms with Crippen molar-refractivity contribution in [2.75, 3.05) is 10.6 Å². The van der Waals surface area contributed by atoms with Crippen LogP contribution in [0.4, 0.5) is 21.9 Å². The van der Waals surface area contributed by atoms with Crippen molar-refractivity contribution in [3.05, 3.63) is 76.5 Å². The van der Waals surface area contributed by atoms with E-state index in [0.29, 0.717) is 11.5 Å². The number of nitrogens with one attached hydrogen (secondary N) is 2. The first-order valence-electron chi connectivity index (χ1n) is 7.73. The SMILES string of the molecule is Cc1cccc(NC(=O)Nc2ccc(N=C(N)c3cccs3)cc2)c1. The number of amides is 2. The van der Waals surface area contributed by atoms with E-state index in [1.54, 1.807) is 23.5 Å². The van der Waals surface area contributed by atoms with Crippen LogP contribution >= 0.6 is 11.3 Å². The summed E-state index contributed by atoms with van der Waals surface area (Å²) < 4.78 is 0. The van der Waals surface area contributed by atoms with Crippen LogP contribution in [0.25, 0.3) is 0 Å². The molecule has 2 aromatic carbocycles. The minimum atomic E-state index is -0.292. The van der Waals surface area contributed by atoms with Gasteiger partial charge in [0.25, 0.3) is 0 Å². The monoisotopic (exact) mass is 350 g/mol. The number of amidine groups is 1. The molecule has 3 aromatic rings. The molecule has 0 radical (unpaired) electrons. The number of aliphatic imine (C=N–C) groups is 1. The van der Waals surface area contributed by atoms with E-state index in [0.717, 1.165) is 21.8 Å². The van der Waals surface area contributed by atoms with Crippen molar-refractivity contribution in [2.45, 2.75) is 6.92 Å². The highest BCUT2D eigenvalue weighted by Gasteiger charge is 2.04. The van der Waals surface area contributed by atoms with Crippen molar-refractivity contribution in [1.29, 1.82) is 0 Å². The van der Waals surface area contributed by atoms with Crippen LogP contribution in [0.3, 0.4) is 0 Å². The Morgan fingerprint density at radius 1 is 1.00 bits per heavy atom. The Kier molecular flexibility index (Phi) is 5.11. The molecule has 0 fully saturated rings. The molecule has 0 aliphatic carbocycles. The topological polar surface area (TPSA) is 79.5 Å². The number of thiophene rings is 1. The number of carbonyl (C=O) groups is 1. The lowest BCUT2D eigenvalue weighted by Crippen LogP contribution is -2.19. The lowest BCUT2D eigenvalue weighted by atomic mass is 10.2. The molecule has 0 saturated heterocycles. The van der Waals surface area contributed by atoms with Gasteiger partial charge in [0.2, 0.25) is 0 Å². The maximum Gasteiger partial charge on any atom is 0.323 e. The fourth-order valence-corrected chi connectivity index (χ4v) is 2.88. The molecule has 0 bridgehead atoms. The molecule has 0 aliphatic rings. The van der Waals surface area contributed by atoms with Crippen molar-refractivity contribution >= 4 is 40.3 Å². The lowest BCUT2D eigenvalue weighted by Gasteiger charge is -2.08. The number of rotatable bonds is 4. The summed E-state index contributed by atoms with van der Waals surface area (Å²) in [5.74, 6) is 0.480. The van der Waals surface area contributed by atoms with Crippen molar-refractivity contribution in [2.24, 2.45) is 10.7 Å². The number of nitrogens with zero attached hydrogens (tertiary/aromatic N) is 1. The summed E-state index contributed by atoms with van der Waals surface area (Å²) in [4.78, 5) is 17.3. The number of carbonyl (C=O) groups excluding carboxylic acids is 1. The number of hydrogen-bond acceptors (Lipinski definition) is 3. The Labute approximate surface area is 150 Å². The molecular formula is C19H18N4OS. The van der Waals surface area contributed by atoms with Gasteiger partial charge in [0.05, 0.1) is 10.6 Å². The Bertz CT molecular complexity index is 886. The Hall–Kier alpha value is -3.12. The molecule has 126 valence electrons. The van der Waals surface area contributed by atoms with E-state index in [-0.39, 0.29) is 6.03 Å². The highest BCUT2D eigenvalue weighted by atomic mass is 32.1. The number of benzene rings is 2. The average Bonchev–Trinajstić information content (AvgIpc) is 3.11. The fraction of sp³-hybridized carbons (Fsp3) is 0.0526. The van der Waals surface area contributed by atoms with Crippen molar-refractivity contribution < 1.29 is 4.79 Å². The second kappa shape index (κ2) is 7.63. The van der Waals surface area contributed by atoms with Gasteiger partial charge >= 0.3 is 6.03 Å². The summed E-state index contributed by atoms with van der Waals surface area (Å²) in [6.07, 6.45) is 0. The van der Waals surface area contributed by atoms with E-state index in [2.05, 4.69) is 15.6 Å². The highest BCUT2D eigenvalue weighted by molar-refractivity contribution is 7.12. The molecule has 0 atom stereocenters. The average molecular weight is 350 g/mol. The first-order valence-corrected chi connectivity index (χ1v) is 8.61. The normalized spacial score (nSPS) is 11.2. The van der Waals surface area contributed by atoms with E-state index < -0.39 is 0 Å². The molecule has 6 heteroatoms. The van der Waals surface area contributed by atoms with Gasteiger partial charge in [-0.05, 0) is 60.3 Å². The Balaban J connectivity index is 1.62. The second-order valence-electron chi connectivity index (χ2n) is 5.47. The maximum atomic E-state index is 12.0. The third-order valence-corrected chi connectivity index (χ3v) is 4.32. The zero-order chi connectivity index (χ0) is 17.6. The number of urea groups is 1. The van der Waals surface area contributed by atoms with Crippen molar-refractivity contribution in [3.63, 3.8) is 0 Å². The van der Waals surface area contributed by atoms with Gasteiger partial charge in [-0.15, -0.1) is 11.3 Å². The molecule has 0 unspecified atom stereocenters. The third kappa shape index (κ3) is 4.68. The summed E-state index contributed by atoms with van der Waals surface area (Å²) in [6.45, 7) is 1.98. The summed E-state index contributed by atoms with van der Waals surface area (Å²) in [6, 6.07) is 18.4. The molecule has 0 aliphatic heterocycles. The van der Waals surface area contributed by atoms with Gasteiger partial charge in [-0.1, -0.05) is 18.2 Å². The van der Waals surface area contributed by atoms with Gasteiger partial charge in [0.1, 0.15) is 5.84 Å². The van der Waals surface area contributed by atoms with Crippen LogP contribution in [0.15, 0.2) is 71.0 Å². The van der Waals surface area contributed by atoms with E-state index in [9.17, 15) is 4.79 Å². The lowest BCUT2D eigenvalue weighted by molar-refractivity contribution is 0.262. The molecule has 0 spiro atoms. The smallest absolute Gasteiger partial charge is 0.323 e. The van der Waals surface area contributed by atoms with Gasteiger partial charge in [-0.2, -0.15) is 0 Å². The first kappa shape index (κ1) is 16.7. The first-order chi connectivity index (χ1) is 12.1. The largest absolute Gasteiger partial charge is 0.383 e. The van der Waals surface area contributed by atoms with Gasteiger partial charge < -0.3 is 16.4 Å². The van der Waals surface area contributed by atoms with Crippen LogP contribution in [0, 0.1) is 6.92 Å². The van der Waals surface area contributed by atoms with Crippen LogP contribution in [-0.4, -0.2) is 11.9 Å². The minimum Gasteiger partial charge on any atom is -0.383 e. The summed E-state index contributed by atoms with van der Waals surface area (Å²) in [5, 5.41) is 7.55. The molecule has 25 heavy (non-hydrogen) atoms. The quantitative estimate of drug-likeness (QED) is 0.469. The second-order valence-corrected chi connectivity index (χ2v) is 6.42. The minimum absolute atomic E-state index is 0.292. The van der Waals surface area contributed by atoms with E-state index in [1.807, 2.05) is 60.8 Å².